The Hall–Kier alpha value is -1.89. The first-order valence-corrected chi connectivity index (χ1v) is 30.5. The van der Waals surface area contributed by atoms with Crippen molar-refractivity contribution in [3.05, 3.63) is 11.6 Å². The fourth-order valence-electron chi connectivity index (χ4n) is 22.2. The van der Waals surface area contributed by atoms with Crippen LogP contribution in [0.25, 0.3) is 0 Å². The molecule has 0 radical (unpaired) electrons. The molecular formula is C64H106N2O5. The van der Waals surface area contributed by atoms with Crippen LogP contribution in [0, 0.1) is 109 Å². The maximum atomic E-state index is 15.4. The lowest BCUT2D eigenvalue weighted by molar-refractivity contribution is -0.243. The van der Waals surface area contributed by atoms with Crippen molar-refractivity contribution in [3.8, 4) is 0 Å². The summed E-state index contributed by atoms with van der Waals surface area (Å²) in [5, 5.41) is 16.2. The molecule has 0 aliphatic heterocycles. The Morgan fingerprint density at radius 1 is 0.704 bits per heavy atom. The van der Waals surface area contributed by atoms with Gasteiger partial charge in [0.25, 0.3) is 0 Å². The van der Waals surface area contributed by atoms with E-state index in [4.69, 9.17) is 4.74 Å². The van der Waals surface area contributed by atoms with Gasteiger partial charge >= 0.3 is 11.9 Å². The summed E-state index contributed by atoms with van der Waals surface area (Å²) in [6.07, 6.45) is 30.0. The third kappa shape index (κ3) is 8.78. The molecular weight excluding hydrogens is 877 g/mol. The third-order valence-electron chi connectivity index (χ3n) is 26.1. The lowest BCUT2D eigenvalue weighted by atomic mass is 9.32. The average molecular weight is 984 g/mol. The minimum Gasteiger partial charge on any atom is -0.480 e. The number of carbonyl (C=O) groups excluding carboxylic acids is 2. The van der Waals surface area contributed by atoms with E-state index in [2.05, 4.69) is 99.8 Å². The molecule has 9 aliphatic carbocycles. The molecule has 402 valence electrons. The Morgan fingerprint density at radius 2 is 1.44 bits per heavy atom. The summed E-state index contributed by atoms with van der Waals surface area (Å²) in [5.41, 5.74) is 2.87. The number of fused-ring (bicyclic) bond motifs is 12. The Labute approximate surface area is 433 Å². The number of hydrogen-bond acceptors (Lipinski definition) is 5. The number of carbonyl (C=O) groups is 3. The standard InChI is InChI=1S/C64H106N2O5/c1-39(2)16-14-17-41(5)47-21-22-48-46-20-19-43-38-44(25-30-59(43,9)49(46)27-31-60(47,48)10)71-57(70)64-34-26-45(40(3)4)55(64)50-23-24-53-61(11)32-29-54(65-37-15-18-51(56(68)69)66-42(6)67)58(7,8)52(61)28-33-63(53,13)62(50,12)35-36-64/h19,39-41,44-55,65H,14-18,20-38H2,1-13H3,(H,66,67)(H,68,69)/t41-,44-,45+,46+,47-,48+,49+,50-,51?,52?,53-,54?,55?,59+,60-,61+,62-,63-,64+/m1/s1. The first-order chi connectivity index (χ1) is 33.4. The van der Waals surface area contributed by atoms with Crippen LogP contribution in [-0.2, 0) is 19.1 Å². The van der Waals surface area contributed by atoms with E-state index in [9.17, 15) is 14.7 Å². The normalized spacial score (nSPS) is 46.2. The Bertz CT molecular complexity index is 2010. The minimum absolute atomic E-state index is 0.0260. The second-order valence-electron chi connectivity index (χ2n) is 30.0. The van der Waals surface area contributed by atoms with Crippen LogP contribution in [0.2, 0.25) is 0 Å². The van der Waals surface area contributed by atoms with E-state index in [1.165, 1.54) is 103 Å². The quantitative estimate of drug-likeness (QED) is 0.0858. The molecule has 71 heavy (non-hydrogen) atoms. The maximum absolute atomic E-state index is 15.4. The number of carboxylic acids is 1. The molecule has 0 heterocycles. The van der Waals surface area contributed by atoms with Crippen LogP contribution in [0.1, 0.15) is 238 Å². The number of rotatable bonds is 15. The van der Waals surface area contributed by atoms with Crippen LogP contribution in [0.4, 0.5) is 0 Å². The van der Waals surface area contributed by atoms with Crippen LogP contribution >= 0.6 is 0 Å². The molecule has 4 unspecified atom stereocenters. The Balaban J connectivity index is 0.867. The van der Waals surface area contributed by atoms with Gasteiger partial charge in [-0.3, -0.25) is 9.59 Å². The number of allylic oxidation sites excluding steroid dienone is 1. The van der Waals surface area contributed by atoms with Crippen molar-refractivity contribution in [1.29, 1.82) is 0 Å². The lowest BCUT2D eigenvalue weighted by Gasteiger charge is -2.73. The number of aliphatic carboxylic acids is 1. The van der Waals surface area contributed by atoms with E-state index in [1.807, 2.05) is 0 Å². The summed E-state index contributed by atoms with van der Waals surface area (Å²) < 4.78 is 7.07. The van der Waals surface area contributed by atoms with Gasteiger partial charge in [0.1, 0.15) is 12.1 Å². The highest BCUT2D eigenvalue weighted by Crippen LogP contribution is 2.78. The van der Waals surface area contributed by atoms with E-state index in [1.54, 1.807) is 5.57 Å². The van der Waals surface area contributed by atoms with E-state index in [0.717, 1.165) is 87.0 Å². The van der Waals surface area contributed by atoms with Crippen LogP contribution < -0.4 is 10.6 Å². The monoisotopic (exact) mass is 983 g/mol. The van der Waals surface area contributed by atoms with Crippen LogP contribution in [0.3, 0.4) is 0 Å². The number of nitrogens with one attached hydrogen (secondary N) is 2. The molecule has 1 amide bonds. The fourth-order valence-corrected chi connectivity index (χ4v) is 22.2. The largest absolute Gasteiger partial charge is 0.480 e. The van der Waals surface area contributed by atoms with Crippen LogP contribution in [-0.4, -0.2) is 47.7 Å². The molecule has 0 aromatic heterocycles. The summed E-state index contributed by atoms with van der Waals surface area (Å²) in [7, 11) is 0. The van der Waals surface area contributed by atoms with Crippen molar-refractivity contribution in [2.75, 3.05) is 6.54 Å². The topological polar surface area (TPSA) is 105 Å². The molecule has 9 rings (SSSR count). The number of hydrogen-bond donors (Lipinski definition) is 3. The number of amides is 1. The van der Waals surface area contributed by atoms with Crippen molar-refractivity contribution in [3.63, 3.8) is 0 Å². The van der Waals surface area contributed by atoms with Crippen molar-refractivity contribution in [2.24, 2.45) is 109 Å². The Kier molecular flexibility index (Phi) is 14.9. The maximum Gasteiger partial charge on any atom is 0.326 e. The molecule has 8 fully saturated rings. The van der Waals surface area contributed by atoms with Gasteiger partial charge in [0, 0.05) is 19.4 Å². The van der Waals surface area contributed by atoms with E-state index >= 15 is 4.79 Å². The zero-order valence-electron chi connectivity index (χ0n) is 47.8. The molecule has 0 spiro atoms. The van der Waals surface area contributed by atoms with Gasteiger partial charge in [-0.2, -0.15) is 0 Å². The molecule has 7 heteroatoms. The van der Waals surface area contributed by atoms with Crippen molar-refractivity contribution < 1.29 is 24.2 Å². The molecule has 0 saturated heterocycles. The molecule has 0 aromatic rings. The second kappa shape index (κ2) is 19.6. The zero-order chi connectivity index (χ0) is 51.3. The first kappa shape index (κ1) is 53.9. The number of ether oxygens (including phenoxy) is 1. The molecule has 8 saturated carbocycles. The summed E-state index contributed by atoms with van der Waals surface area (Å²) in [5.74, 6) is 7.38. The Morgan fingerprint density at radius 3 is 2.14 bits per heavy atom. The molecule has 0 bridgehead atoms. The number of esters is 1. The van der Waals surface area contributed by atoms with Crippen molar-refractivity contribution in [1.82, 2.24) is 10.6 Å². The summed E-state index contributed by atoms with van der Waals surface area (Å²) in [6, 6.07) is -0.443. The van der Waals surface area contributed by atoms with E-state index in [0.29, 0.717) is 53.4 Å². The zero-order valence-corrected chi connectivity index (χ0v) is 47.8. The van der Waals surface area contributed by atoms with E-state index in [-0.39, 0.29) is 50.5 Å². The van der Waals surface area contributed by atoms with Gasteiger partial charge in [0.2, 0.25) is 5.91 Å². The van der Waals surface area contributed by atoms with Gasteiger partial charge in [-0.15, -0.1) is 0 Å². The first-order valence-electron chi connectivity index (χ1n) is 30.5. The molecule has 3 N–H and O–H groups in total. The van der Waals surface area contributed by atoms with Gasteiger partial charge in [0.05, 0.1) is 5.41 Å². The van der Waals surface area contributed by atoms with Crippen LogP contribution in [0.5, 0.6) is 0 Å². The molecule has 9 aliphatic rings. The van der Waals surface area contributed by atoms with Crippen LogP contribution in [0.15, 0.2) is 11.6 Å². The van der Waals surface area contributed by atoms with E-state index < -0.39 is 12.0 Å². The smallest absolute Gasteiger partial charge is 0.326 e. The highest BCUT2D eigenvalue weighted by molar-refractivity contribution is 5.82. The molecule has 7 nitrogen and oxygen atoms in total. The summed E-state index contributed by atoms with van der Waals surface area (Å²) >= 11 is 0. The highest BCUT2D eigenvalue weighted by atomic mass is 16.5. The molecule has 19 atom stereocenters. The highest BCUT2D eigenvalue weighted by Gasteiger charge is 2.72. The van der Waals surface area contributed by atoms with Crippen molar-refractivity contribution >= 4 is 17.8 Å². The fraction of sp³-hybridized carbons (Fsp3) is 0.922. The minimum atomic E-state index is -0.957. The SMILES string of the molecule is CC(=O)NC(CCCNC1CC[C@@]2(C)C(CC[C@]3(C)[C@@H]2CC[C@@H]2C4[C@H](C(C)C)CC[C@]4(C(=O)O[C@@H]4CC[C@@]5(C)C(=CC[C@H]6[C@@H]7CC[C@H]([C@H](C)CCCC(C)C)[C@@]7(C)CC[C@@H]65)C4)CC[C@]23C)C1(C)C)C(=O)O. The second-order valence-corrected chi connectivity index (χ2v) is 30.0. The van der Waals surface area contributed by atoms with Gasteiger partial charge in [-0.25, -0.2) is 4.79 Å². The molecule has 0 aromatic carbocycles. The third-order valence-corrected chi connectivity index (χ3v) is 26.1. The van der Waals surface area contributed by atoms with Crippen molar-refractivity contribution in [2.45, 2.75) is 256 Å². The predicted molar refractivity (Wildman–Crippen MR) is 288 cm³/mol. The van der Waals surface area contributed by atoms with Gasteiger partial charge in [0.15, 0.2) is 0 Å². The van der Waals surface area contributed by atoms with Gasteiger partial charge < -0.3 is 20.5 Å². The lowest BCUT2D eigenvalue weighted by Crippen LogP contribution is -2.68. The summed E-state index contributed by atoms with van der Waals surface area (Å²) in [6.45, 7) is 33.0. The van der Waals surface area contributed by atoms with Gasteiger partial charge in [-0.1, -0.05) is 114 Å². The number of carboxylic acid groups (broad SMARTS) is 1. The predicted octanol–water partition coefficient (Wildman–Crippen LogP) is 15.0. The average Bonchev–Trinajstić information content (AvgIpc) is 3.87. The summed E-state index contributed by atoms with van der Waals surface area (Å²) in [4.78, 5) is 38.9. The van der Waals surface area contributed by atoms with Gasteiger partial charge in [-0.05, 0) is 232 Å².